The fourth-order valence-corrected chi connectivity index (χ4v) is 6.68. The molecule has 0 aliphatic heterocycles. The highest BCUT2D eigenvalue weighted by molar-refractivity contribution is 7.98. The van der Waals surface area contributed by atoms with Gasteiger partial charge in [0.25, 0.3) is 0 Å². The van der Waals surface area contributed by atoms with Gasteiger partial charge in [-0.25, -0.2) is 4.79 Å². The predicted octanol–water partition coefficient (Wildman–Crippen LogP) is 2.64. The molecule has 0 spiro atoms. The minimum atomic E-state index is -3.34. The fraction of sp³-hybridized carbons (Fsp3) is 0.276. The summed E-state index contributed by atoms with van der Waals surface area (Å²) < 4.78 is 19.0. The number of carbonyl (C=O) groups excluding carboxylic acids is 3. The third kappa shape index (κ3) is 8.82. The molecule has 0 saturated carbocycles. The lowest BCUT2D eigenvalue weighted by Gasteiger charge is -2.24. The van der Waals surface area contributed by atoms with Crippen molar-refractivity contribution in [3.63, 3.8) is 0 Å². The van der Waals surface area contributed by atoms with Gasteiger partial charge in [-0.05, 0) is 48.3 Å². The maximum absolute atomic E-state index is 14.2. The molecule has 8 nitrogen and oxygen atoms in total. The van der Waals surface area contributed by atoms with Crippen LogP contribution in [0.15, 0.2) is 91.0 Å². The van der Waals surface area contributed by atoms with Crippen molar-refractivity contribution in [2.24, 2.45) is 0 Å². The molecule has 0 heterocycles. The van der Waals surface area contributed by atoms with Gasteiger partial charge in [-0.1, -0.05) is 66.7 Å². The summed E-state index contributed by atoms with van der Waals surface area (Å²) in [7, 11) is -2.07. The van der Waals surface area contributed by atoms with Crippen molar-refractivity contribution in [3.8, 4) is 0 Å². The maximum atomic E-state index is 14.2. The molecule has 3 aromatic rings. The summed E-state index contributed by atoms with van der Waals surface area (Å²) in [4.78, 5) is 38.7. The summed E-state index contributed by atoms with van der Waals surface area (Å²) in [5.41, 5.74) is 0.837. The standard InChI is InChI=1S/C29H34N3O5PS/c1-37-29(35)25(18-19-39-2)32-28(34)26(20-22-12-6-3-7-13-22)31-27(33)21-30-38(36,23-14-8-4-9-15-23)24-16-10-5-11-17-24/h3-17,25-26H,18-21H2,1-2H3,(H,30,36)(H,31,33)(H,32,34)/t25-,26-/m0/s1. The van der Waals surface area contributed by atoms with E-state index in [1.54, 1.807) is 60.3 Å². The van der Waals surface area contributed by atoms with Gasteiger partial charge in [-0.3, -0.25) is 19.2 Å². The molecule has 0 saturated heterocycles. The zero-order valence-corrected chi connectivity index (χ0v) is 23.8. The van der Waals surface area contributed by atoms with E-state index in [-0.39, 0.29) is 13.0 Å². The second kappa shape index (κ2) is 15.3. The smallest absolute Gasteiger partial charge is 0.328 e. The summed E-state index contributed by atoms with van der Waals surface area (Å²) in [6.45, 7) is -0.285. The Labute approximate surface area is 233 Å². The number of hydrogen-bond acceptors (Lipinski definition) is 6. The molecule has 0 bridgehead atoms. The topological polar surface area (TPSA) is 114 Å². The Morgan fingerprint density at radius 2 is 1.36 bits per heavy atom. The van der Waals surface area contributed by atoms with Crippen molar-refractivity contribution in [2.45, 2.75) is 24.9 Å². The van der Waals surface area contributed by atoms with E-state index >= 15 is 0 Å². The van der Waals surface area contributed by atoms with Crippen molar-refractivity contribution < 1.29 is 23.7 Å². The monoisotopic (exact) mass is 567 g/mol. The number of methoxy groups -OCH3 is 1. The molecular weight excluding hydrogens is 533 g/mol. The van der Waals surface area contributed by atoms with Gasteiger partial charge >= 0.3 is 5.97 Å². The quantitative estimate of drug-likeness (QED) is 0.203. The van der Waals surface area contributed by atoms with Crippen molar-refractivity contribution in [1.29, 1.82) is 0 Å². The Kier molecular flexibility index (Phi) is 11.8. The Morgan fingerprint density at radius 3 is 1.87 bits per heavy atom. The lowest BCUT2D eigenvalue weighted by Crippen LogP contribution is -2.54. The summed E-state index contributed by atoms with van der Waals surface area (Å²) in [6, 6.07) is 25.3. The first-order chi connectivity index (χ1) is 18.9. The van der Waals surface area contributed by atoms with E-state index in [2.05, 4.69) is 15.7 Å². The summed E-state index contributed by atoms with van der Waals surface area (Å²) >= 11 is 1.55. The van der Waals surface area contributed by atoms with Crippen LogP contribution in [-0.2, 0) is 30.1 Å². The van der Waals surface area contributed by atoms with E-state index in [1.165, 1.54) is 7.11 Å². The van der Waals surface area contributed by atoms with Crippen molar-refractivity contribution >= 4 is 47.4 Å². The van der Waals surface area contributed by atoms with Crippen molar-refractivity contribution in [2.75, 3.05) is 25.7 Å². The highest BCUT2D eigenvalue weighted by Crippen LogP contribution is 2.38. The van der Waals surface area contributed by atoms with Crippen LogP contribution in [0.2, 0.25) is 0 Å². The molecule has 0 unspecified atom stereocenters. The van der Waals surface area contributed by atoms with Crippen molar-refractivity contribution in [3.05, 3.63) is 96.6 Å². The van der Waals surface area contributed by atoms with Crippen LogP contribution in [0.25, 0.3) is 0 Å². The second-order valence-corrected chi connectivity index (χ2v) is 12.3. The summed E-state index contributed by atoms with van der Waals surface area (Å²) in [5.74, 6) is -0.904. The molecule has 0 aromatic heterocycles. The van der Waals surface area contributed by atoms with Crippen LogP contribution < -0.4 is 26.3 Å². The normalized spacial score (nSPS) is 12.7. The number of esters is 1. The number of benzene rings is 3. The highest BCUT2D eigenvalue weighted by atomic mass is 32.2. The molecule has 0 fully saturated rings. The van der Waals surface area contributed by atoms with Gasteiger partial charge in [0.1, 0.15) is 12.1 Å². The molecule has 3 rings (SSSR count). The van der Waals surface area contributed by atoms with E-state index < -0.39 is 37.2 Å². The molecule has 0 radical (unpaired) electrons. The molecule has 39 heavy (non-hydrogen) atoms. The predicted molar refractivity (Wildman–Crippen MR) is 157 cm³/mol. The largest absolute Gasteiger partial charge is 0.467 e. The first-order valence-electron chi connectivity index (χ1n) is 12.5. The van der Waals surface area contributed by atoms with Crippen LogP contribution in [-0.4, -0.2) is 55.5 Å². The minimum Gasteiger partial charge on any atom is -0.467 e. The van der Waals surface area contributed by atoms with Crippen LogP contribution in [0.3, 0.4) is 0 Å². The minimum absolute atomic E-state index is 0.212. The van der Waals surface area contributed by atoms with Gasteiger partial charge < -0.3 is 15.4 Å². The van der Waals surface area contributed by atoms with E-state index in [1.807, 2.05) is 48.7 Å². The van der Waals surface area contributed by atoms with Crippen molar-refractivity contribution in [1.82, 2.24) is 15.7 Å². The first-order valence-corrected chi connectivity index (χ1v) is 15.6. The number of ether oxygens (including phenoxy) is 1. The third-order valence-corrected chi connectivity index (χ3v) is 9.35. The average molecular weight is 568 g/mol. The van der Waals surface area contributed by atoms with E-state index in [4.69, 9.17) is 4.74 Å². The van der Waals surface area contributed by atoms with Crippen LogP contribution in [0, 0.1) is 0 Å². The van der Waals surface area contributed by atoms with E-state index in [9.17, 15) is 18.9 Å². The van der Waals surface area contributed by atoms with Gasteiger partial charge in [0.2, 0.25) is 19.1 Å². The molecule has 2 atom stereocenters. The number of carbonyl (C=O) groups is 3. The van der Waals surface area contributed by atoms with E-state index in [0.29, 0.717) is 22.8 Å². The number of rotatable bonds is 14. The van der Waals surface area contributed by atoms with E-state index in [0.717, 1.165) is 5.56 Å². The third-order valence-electron chi connectivity index (χ3n) is 6.05. The number of nitrogens with one attached hydrogen (secondary N) is 3. The Hall–Kier alpha value is -3.39. The molecule has 10 heteroatoms. The lowest BCUT2D eigenvalue weighted by molar-refractivity contribution is -0.145. The van der Waals surface area contributed by atoms with Gasteiger partial charge in [0.15, 0.2) is 0 Å². The maximum Gasteiger partial charge on any atom is 0.328 e. The summed E-state index contributed by atoms with van der Waals surface area (Å²) in [5, 5.41) is 9.60. The van der Waals surface area contributed by atoms with Crippen LogP contribution in [0.4, 0.5) is 0 Å². The number of thioether (sulfide) groups is 1. The van der Waals surface area contributed by atoms with Crippen LogP contribution >= 0.6 is 19.1 Å². The second-order valence-electron chi connectivity index (χ2n) is 8.79. The molecule has 0 aliphatic carbocycles. The first kappa shape index (κ1) is 30.2. The molecular formula is C29H34N3O5PS. The number of amides is 2. The average Bonchev–Trinajstić information content (AvgIpc) is 2.98. The van der Waals surface area contributed by atoms with Gasteiger partial charge in [0, 0.05) is 17.0 Å². The van der Waals surface area contributed by atoms with Gasteiger partial charge in [-0.2, -0.15) is 11.8 Å². The molecule has 3 aromatic carbocycles. The molecule has 0 aliphatic rings. The zero-order chi connectivity index (χ0) is 28.1. The Balaban J connectivity index is 1.78. The molecule has 206 valence electrons. The highest BCUT2D eigenvalue weighted by Gasteiger charge is 2.30. The fourth-order valence-electron chi connectivity index (χ4n) is 3.99. The summed E-state index contributed by atoms with van der Waals surface area (Å²) in [6.07, 6.45) is 2.51. The van der Waals surface area contributed by atoms with Crippen LogP contribution in [0.5, 0.6) is 0 Å². The Morgan fingerprint density at radius 1 is 0.821 bits per heavy atom. The molecule has 2 amide bonds. The SMILES string of the molecule is COC(=O)[C@H](CCSC)NC(=O)[C@H](Cc1ccccc1)NC(=O)CNP(=O)(c1ccccc1)c1ccccc1. The van der Waals surface area contributed by atoms with Gasteiger partial charge in [-0.15, -0.1) is 0 Å². The number of hydrogen-bond donors (Lipinski definition) is 3. The lowest BCUT2D eigenvalue weighted by atomic mass is 10.0. The van der Waals surface area contributed by atoms with Gasteiger partial charge in [0.05, 0.1) is 13.7 Å². The molecule has 3 N–H and O–H groups in total. The van der Waals surface area contributed by atoms with Crippen LogP contribution in [0.1, 0.15) is 12.0 Å². The Bertz CT molecular complexity index is 1220. The zero-order valence-electron chi connectivity index (χ0n) is 22.0.